The fourth-order valence-electron chi connectivity index (χ4n) is 2.11. The minimum Gasteiger partial charge on any atom is -0.508 e. The van der Waals surface area contributed by atoms with Gasteiger partial charge in [-0.1, -0.05) is 23.9 Å². The quantitative estimate of drug-likeness (QED) is 0.567. The van der Waals surface area contributed by atoms with Crippen molar-refractivity contribution in [1.29, 1.82) is 0 Å². The summed E-state index contributed by atoms with van der Waals surface area (Å²) in [6.45, 7) is 0. The monoisotopic (exact) mass is 372 g/mol. The number of benzene rings is 2. The van der Waals surface area contributed by atoms with Gasteiger partial charge in [-0.15, -0.1) is 0 Å². The van der Waals surface area contributed by atoms with E-state index in [1.807, 2.05) is 0 Å². The van der Waals surface area contributed by atoms with E-state index in [2.05, 4.69) is 5.43 Å². The SMILES string of the molecule is O=C(NN1C(=O)/C(=C/c2cccc(O)c2)SC1=S)c1ccc(O)cc1. The van der Waals surface area contributed by atoms with Crippen molar-refractivity contribution in [2.24, 2.45) is 0 Å². The summed E-state index contributed by atoms with van der Waals surface area (Å²) < 4.78 is 0.198. The maximum absolute atomic E-state index is 12.5. The number of aromatic hydroxyl groups is 2. The van der Waals surface area contributed by atoms with Crippen LogP contribution in [0.3, 0.4) is 0 Å². The molecule has 0 bridgehead atoms. The van der Waals surface area contributed by atoms with Gasteiger partial charge in [-0.25, -0.2) is 0 Å². The maximum Gasteiger partial charge on any atom is 0.285 e. The van der Waals surface area contributed by atoms with Crippen molar-refractivity contribution in [2.45, 2.75) is 0 Å². The summed E-state index contributed by atoms with van der Waals surface area (Å²) in [6, 6.07) is 12.1. The van der Waals surface area contributed by atoms with Gasteiger partial charge in [0, 0.05) is 5.56 Å². The first-order valence-corrected chi connectivity index (χ1v) is 8.33. The zero-order valence-electron chi connectivity index (χ0n) is 12.7. The normalized spacial score (nSPS) is 15.7. The van der Waals surface area contributed by atoms with E-state index in [1.54, 1.807) is 18.2 Å². The van der Waals surface area contributed by atoms with E-state index in [9.17, 15) is 19.8 Å². The molecule has 0 aliphatic carbocycles. The second-order valence-electron chi connectivity index (χ2n) is 5.10. The third kappa shape index (κ3) is 3.81. The van der Waals surface area contributed by atoms with E-state index in [0.29, 0.717) is 10.5 Å². The van der Waals surface area contributed by atoms with E-state index in [1.165, 1.54) is 36.4 Å². The average Bonchev–Trinajstić information content (AvgIpc) is 2.83. The predicted octanol–water partition coefficient (Wildman–Crippen LogP) is 2.64. The van der Waals surface area contributed by atoms with E-state index in [4.69, 9.17) is 12.2 Å². The molecule has 126 valence electrons. The molecule has 0 spiro atoms. The largest absolute Gasteiger partial charge is 0.508 e. The first-order valence-electron chi connectivity index (χ1n) is 7.11. The lowest BCUT2D eigenvalue weighted by atomic mass is 10.2. The third-order valence-corrected chi connectivity index (χ3v) is 4.61. The Morgan fingerprint density at radius 3 is 2.52 bits per heavy atom. The highest BCUT2D eigenvalue weighted by molar-refractivity contribution is 8.26. The minimum absolute atomic E-state index is 0.0382. The Kier molecular flexibility index (Phi) is 4.73. The Balaban J connectivity index is 1.77. The smallest absolute Gasteiger partial charge is 0.285 e. The first kappa shape index (κ1) is 17.0. The summed E-state index contributed by atoms with van der Waals surface area (Å²) in [5.74, 6) is -0.846. The topological polar surface area (TPSA) is 89.9 Å². The lowest BCUT2D eigenvalue weighted by Crippen LogP contribution is -2.44. The van der Waals surface area contributed by atoms with Crippen LogP contribution in [0.15, 0.2) is 53.4 Å². The van der Waals surface area contributed by atoms with Crippen LogP contribution in [-0.2, 0) is 4.79 Å². The van der Waals surface area contributed by atoms with Crippen LogP contribution in [0.5, 0.6) is 11.5 Å². The summed E-state index contributed by atoms with van der Waals surface area (Å²) >= 11 is 6.20. The van der Waals surface area contributed by atoms with Gasteiger partial charge in [0.25, 0.3) is 11.8 Å². The summed E-state index contributed by atoms with van der Waals surface area (Å²) in [6.07, 6.45) is 1.59. The summed E-state index contributed by atoms with van der Waals surface area (Å²) in [5, 5.41) is 19.7. The van der Waals surface area contributed by atoms with Gasteiger partial charge >= 0.3 is 0 Å². The molecule has 1 fully saturated rings. The Hall–Kier alpha value is -2.84. The predicted molar refractivity (Wildman–Crippen MR) is 98.7 cm³/mol. The molecule has 2 aromatic carbocycles. The summed E-state index contributed by atoms with van der Waals surface area (Å²) in [4.78, 5) is 25.0. The number of nitrogens with one attached hydrogen (secondary N) is 1. The molecule has 1 aliphatic rings. The molecule has 0 aromatic heterocycles. The second kappa shape index (κ2) is 6.96. The third-order valence-electron chi connectivity index (χ3n) is 3.30. The molecule has 6 nitrogen and oxygen atoms in total. The fourth-order valence-corrected chi connectivity index (χ4v) is 3.29. The fraction of sp³-hybridized carbons (Fsp3) is 0. The number of phenolic OH excluding ortho intramolecular Hbond substituents is 2. The van der Waals surface area contributed by atoms with Gasteiger partial charge in [-0.2, -0.15) is 5.01 Å². The number of phenols is 2. The van der Waals surface area contributed by atoms with Crippen LogP contribution in [0.1, 0.15) is 15.9 Å². The van der Waals surface area contributed by atoms with Crippen LogP contribution in [0.4, 0.5) is 0 Å². The zero-order chi connectivity index (χ0) is 18.0. The number of carbonyl (C=O) groups is 2. The Morgan fingerprint density at radius 1 is 1.12 bits per heavy atom. The highest BCUT2D eigenvalue weighted by atomic mass is 32.2. The molecule has 0 radical (unpaired) electrons. The highest BCUT2D eigenvalue weighted by Gasteiger charge is 2.33. The molecule has 1 heterocycles. The van der Waals surface area contributed by atoms with Crippen molar-refractivity contribution in [3.8, 4) is 11.5 Å². The molecule has 2 aromatic rings. The van der Waals surface area contributed by atoms with E-state index >= 15 is 0 Å². The lowest BCUT2D eigenvalue weighted by molar-refractivity contribution is -0.123. The maximum atomic E-state index is 12.5. The number of hydrogen-bond acceptors (Lipinski definition) is 6. The minimum atomic E-state index is -0.519. The standard InChI is InChI=1S/C17H12N2O4S2/c20-12-6-4-11(5-7-12)15(22)18-19-16(23)14(25-17(19)24)9-10-2-1-3-13(21)8-10/h1-9,20-21H,(H,18,22)/b14-9-. The van der Waals surface area contributed by atoms with Gasteiger partial charge in [0.2, 0.25) is 0 Å². The van der Waals surface area contributed by atoms with E-state index < -0.39 is 11.8 Å². The van der Waals surface area contributed by atoms with Gasteiger partial charge in [-0.3, -0.25) is 15.0 Å². The summed E-state index contributed by atoms with van der Waals surface area (Å²) in [5.41, 5.74) is 3.38. The Labute approximate surface area is 152 Å². The van der Waals surface area contributed by atoms with Crippen LogP contribution in [0.2, 0.25) is 0 Å². The molecule has 25 heavy (non-hydrogen) atoms. The van der Waals surface area contributed by atoms with E-state index in [0.717, 1.165) is 16.8 Å². The first-order chi connectivity index (χ1) is 11.9. The number of thiocarbonyl (C=S) groups is 1. The number of nitrogens with zero attached hydrogens (tertiary/aromatic N) is 1. The van der Waals surface area contributed by atoms with Crippen LogP contribution >= 0.6 is 24.0 Å². The molecule has 1 aliphatic heterocycles. The van der Waals surface area contributed by atoms with Crippen LogP contribution in [0.25, 0.3) is 6.08 Å². The Bertz CT molecular complexity index is 894. The van der Waals surface area contributed by atoms with E-state index in [-0.39, 0.29) is 21.4 Å². The zero-order valence-corrected chi connectivity index (χ0v) is 14.3. The molecule has 1 saturated heterocycles. The van der Waals surface area contributed by atoms with Crippen LogP contribution < -0.4 is 5.43 Å². The van der Waals surface area contributed by atoms with Gasteiger partial charge in [0.05, 0.1) is 4.91 Å². The lowest BCUT2D eigenvalue weighted by Gasteiger charge is -2.15. The van der Waals surface area contributed by atoms with Crippen molar-refractivity contribution in [1.82, 2.24) is 10.4 Å². The van der Waals surface area contributed by atoms with Gasteiger partial charge in [-0.05, 0) is 60.3 Å². The van der Waals surface area contributed by atoms with Crippen molar-refractivity contribution < 1.29 is 19.8 Å². The number of hydrogen-bond donors (Lipinski definition) is 3. The van der Waals surface area contributed by atoms with Gasteiger partial charge in [0.1, 0.15) is 11.5 Å². The van der Waals surface area contributed by atoms with Crippen molar-refractivity contribution in [3.05, 3.63) is 64.6 Å². The number of amides is 2. The molecule has 3 rings (SSSR count). The van der Waals surface area contributed by atoms with Crippen molar-refractivity contribution in [2.75, 3.05) is 0 Å². The average molecular weight is 372 g/mol. The summed E-state index contributed by atoms with van der Waals surface area (Å²) in [7, 11) is 0. The molecule has 0 unspecified atom stereocenters. The second-order valence-corrected chi connectivity index (χ2v) is 6.78. The molecule has 2 amide bonds. The molecular formula is C17H12N2O4S2. The molecule has 3 N–H and O–H groups in total. The number of hydrazine groups is 1. The highest BCUT2D eigenvalue weighted by Crippen LogP contribution is 2.31. The molecular weight excluding hydrogens is 360 g/mol. The van der Waals surface area contributed by atoms with Crippen LogP contribution in [0, 0.1) is 0 Å². The van der Waals surface area contributed by atoms with Gasteiger partial charge in [0.15, 0.2) is 4.32 Å². The van der Waals surface area contributed by atoms with Gasteiger partial charge < -0.3 is 10.2 Å². The molecule has 0 atom stereocenters. The number of carbonyl (C=O) groups excluding carboxylic acids is 2. The molecule has 0 saturated carbocycles. The van der Waals surface area contributed by atoms with Crippen molar-refractivity contribution >= 4 is 46.2 Å². The molecule has 8 heteroatoms. The van der Waals surface area contributed by atoms with Crippen LogP contribution in [-0.4, -0.2) is 31.4 Å². The van der Waals surface area contributed by atoms with Crippen molar-refractivity contribution in [3.63, 3.8) is 0 Å². The Morgan fingerprint density at radius 2 is 1.84 bits per heavy atom. The number of thioether (sulfide) groups is 1. The number of rotatable bonds is 3.